The van der Waals surface area contributed by atoms with Gasteiger partial charge in [0.25, 0.3) is 15.9 Å². The van der Waals surface area contributed by atoms with E-state index >= 15 is 0 Å². The summed E-state index contributed by atoms with van der Waals surface area (Å²) >= 11 is 12.4. The van der Waals surface area contributed by atoms with Gasteiger partial charge in [-0.05, 0) is 81.4 Å². The van der Waals surface area contributed by atoms with Crippen LogP contribution in [0.3, 0.4) is 0 Å². The van der Waals surface area contributed by atoms with E-state index in [2.05, 4.69) is 10.5 Å². The fraction of sp³-hybridized carbons (Fsp3) is 0.172. The fourth-order valence-electron chi connectivity index (χ4n) is 4.23. The minimum atomic E-state index is -4.04. The lowest BCUT2D eigenvalue weighted by Crippen LogP contribution is -2.39. The molecule has 0 fully saturated rings. The molecule has 0 atom stereocenters. The Hall–Kier alpha value is -3.79. The number of carbonyl (C=O) groups excluding carboxylic acids is 1. The van der Waals surface area contributed by atoms with Crippen LogP contribution < -0.4 is 14.5 Å². The van der Waals surface area contributed by atoms with Crippen LogP contribution >= 0.6 is 23.2 Å². The number of aryl methyl sites for hydroxylation is 1. The van der Waals surface area contributed by atoms with Crippen LogP contribution in [-0.4, -0.2) is 38.3 Å². The molecule has 208 valence electrons. The Morgan fingerprint density at radius 2 is 1.65 bits per heavy atom. The molecule has 0 aliphatic heterocycles. The van der Waals surface area contributed by atoms with Crippen LogP contribution in [0, 0.1) is 13.8 Å². The number of rotatable bonds is 10. The van der Waals surface area contributed by atoms with E-state index in [-0.39, 0.29) is 4.90 Å². The number of hydrogen-bond donors (Lipinski definition) is 1. The number of hydrogen-bond acceptors (Lipinski definition) is 5. The van der Waals surface area contributed by atoms with E-state index in [0.717, 1.165) is 26.9 Å². The molecule has 1 amide bonds. The largest absolute Gasteiger partial charge is 0.494 e. The summed E-state index contributed by atoms with van der Waals surface area (Å²) in [4.78, 5) is 13.0. The van der Waals surface area contributed by atoms with Gasteiger partial charge in [-0.25, -0.2) is 13.8 Å². The van der Waals surface area contributed by atoms with E-state index < -0.39 is 22.5 Å². The molecule has 0 saturated heterocycles. The highest BCUT2D eigenvalue weighted by Crippen LogP contribution is 2.27. The SMILES string of the molecule is CCOc1ccc(N(CC(=O)N/N=C/c2cc(C)n(-c3cc(Cl)cc(Cl)c3)c2C)S(=O)(=O)c2ccccc2)cc1. The molecule has 40 heavy (non-hydrogen) atoms. The molecule has 3 aromatic carbocycles. The molecule has 11 heteroatoms. The molecule has 0 unspecified atom stereocenters. The third-order valence-electron chi connectivity index (χ3n) is 6.02. The molecular formula is C29H28Cl2N4O4S. The molecule has 0 bridgehead atoms. The highest BCUT2D eigenvalue weighted by atomic mass is 35.5. The molecular weight excluding hydrogens is 571 g/mol. The zero-order valence-corrected chi connectivity index (χ0v) is 24.5. The molecule has 0 aliphatic rings. The van der Waals surface area contributed by atoms with E-state index in [4.69, 9.17) is 27.9 Å². The Labute approximate surface area is 243 Å². The van der Waals surface area contributed by atoms with Crippen LogP contribution in [0.4, 0.5) is 5.69 Å². The van der Waals surface area contributed by atoms with Crippen molar-refractivity contribution in [2.24, 2.45) is 5.10 Å². The van der Waals surface area contributed by atoms with Gasteiger partial charge in [-0.2, -0.15) is 5.10 Å². The number of amides is 1. The Morgan fingerprint density at radius 3 is 2.27 bits per heavy atom. The van der Waals surface area contributed by atoms with Gasteiger partial charge < -0.3 is 9.30 Å². The van der Waals surface area contributed by atoms with Crippen molar-refractivity contribution < 1.29 is 17.9 Å². The van der Waals surface area contributed by atoms with E-state index in [9.17, 15) is 13.2 Å². The summed E-state index contributed by atoms with van der Waals surface area (Å²) in [7, 11) is -4.04. The van der Waals surface area contributed by atoms with Crippen LogP contribution in [0.2, 0.25) is 10.0 Å². The van der Waals surface area contributed by atoms with Crippen molar-refractivity contribution in [2.45, 2.75) is 25.7 Å². The number of nitrogens with zero attached hydrogens (tertiary/aromatic N) is 3. The van der Waals surface area contributed by atoms with Gasteiger partial charge in [0, 0.05) is 32.7 Å². The summed E-state index contributed by atoms with van der Waals surface area (Å²) in [5.74, 6) is -0.0184. The number of sulfonamides is 1. The molecule has 0 radical (unpaired) electrons. The third kappa shape index (κ3) is 6.67. The van der Waals surface area contributed by atoms with Gasteiger partial charge in [0.05, 0.1) is 23.4 Å². The summed E-state index contributed by atoms with van der Waals surface area (Å²) < 4.78 is 35.5. The van der Waals surface area contributed by atoms with Crippen molar-refractivity contribution in [3.05, 3.63) is 106 Å². The smallest absolute Gasteiger partial charge is 0.264 e. The minimum Gasteiger partial charge on any atom is -0.494 e. The van der Waals surface area contributed by atoms with Gasteiger partial charge in [-0.15, -0.1) is 0 Å². The maximum absolute atomic E-state index is 13.5. The quantitative estimate of drug-likeness (QED) is 0.175. The van der Waals surface area contributed by atoms with Crippen molar-refractivity contribution in [1.29, 1.82) is 0 Å². The third-order valence-corrected chi connectivity index (χ3v) is 8.25. The maximum Gasteiger partial charge on any atom is 0.264 e. The first-order chi connectivity index (χ1) is 19.1. The monoisotopic (exact) mass is 598 g/mol. The standard InChI is InChI=1S/C29H28Cl2N4O4S/c1-4-39-27-12-10-25(11-13-27)34(40(37,38)28-8-6-5-7-9-28)19-29(36)33-32-18-22-14-20(2)35(21(22)3)26-16-23(30)15-24(31)17-26/h5-18H,4,19H2,1-3H3,(H,33,36)/b32-18+. The molecule has 4 aromatic rings. The van der Waals surface area contributed by atoms with E-state index in [1.54, 1.807) is 60.7 Å². The van der Waals surface area contributed by atoms with Crippen molar-refractivity contribution in [3.63, 3.8) is 0 Å². The van der Waals surface area contributed by atoms with Gasteiger partial charge in [-0.3, -0.25) is 9.10 Å². The number of benzene rings is 3. The van der Waals surface area contributed by atoms with Crippen molar-refractivity contribution in [3.8, 4) is 11.4 Å². The molecule has 0 spiro atoms. The Balaban J connectivity index is 1.55. The average molecular weight is 600 g/mol. The van der Waals surface area contributed by atoms with Crippen LogP contribution in [0.15, 0.2) is 88.9 Å². The van der Waals surface area contributed by atoms with Crippen molar-refractivity contribution >= 4 is 51.0 Å². The van der Waals surface area contributed by atoms with Crippen LogP contribution in [-0.2, 0) is 14.8 Å². The summed E-state index contributed by atoms with van der Waals surface area (Å²) in [5, 5.41) is 5.12. The van der Waals surface area contributed by atoms with Crippen LogP contribution in [0.25, 0.3) is 5.69 Å². The lowest BCUT2D eigenvalue weighted by Gasteiger charge is -2.24. The molecule has 1 N–H and O–H groups in total. The number of aromatic nitrogens is 1. The number of hydrazone groups is 1. The number of ether oxygens (including phenoxy) is 1. The van der Waals surface area contributed by atoms with E-state index in [1.165, 1.54) is 18.3 Å². The van der Waals surface area contributed by atoms with Gasteiger partial charge in [0.15, 0.2) is 0 Å². The second-order valence-electron chi connectivity index (χ2n) is 8.83. The average Bonchev–Trinajstić information content (AvgIpc) is 3.20. The summed E-state index contributed by atoms with van der Waals surface area (Å²) in [5.41, 5.74) is 6.10. The second-order valence-corrected chi connectivity index (χ2v) is 11.6. The van der Waals surface area contributed by atoms with E-state index in [0.29, 0.717) is 28.1 Å². The zero-order chi connectivity index (χ0) is 28.9. The predicted molar refractivity (Wildman–Crippen MR) is 160 cm³/mol. The fourth-order valence-corrected chi connectivity index (χ4v) is 6.19. The van der Waals surface area contributed by atoms with Crippen LogP contribution in [0.5, 0.6) is 5.75 Å². The van der Waals surface area contributed by atoms with Gasteiger partial charge >= 0.3 is 0 Å². The Morgan fingerprint density at radius 1 is 1.00 bits per heavy atom. The lowest BCUT2D eigenvalue weighted by molar-refractivity contribution is -0.119. The maximum atomic E-state index is 13.5. The number of nitrogens with one attached hydrogen (secondary N) is 1. The predicted octanol–water partition coefficient (Wildman–Crippen LogP) is 6.15. The second kappa shape index (κ2) is 12.6. The molecule has 1 heterocycles. The molecule has 1 aromatic heterocycles. The highest BCUT2D eigenvalue weighted by molar-refractivity contribution is 7.92. The van der Waals surface area contributed by atoms with Gasteiger partial charge in [0.1, 0.15) is 12.3 Å². The molecule has 8 nitrogen and oxygen atoms in total. The van der Waals surface area contributed by atoms with Crippen LogP contribution in [0.1, 0.15) is 23.9 Å². The van der Waals surface area contributed by atoms with Crippen molar-refractivity contribution in [1.82, 2.24) is 9.99 Å². The number of halogens is 2. The number of anilines is 1. The topological polar surface area (TPSA) is 93.0 Å². The Kier molecular flexibility index (Phi) is 9.19. The molecule has 4 rings (SSSR count). The minimum absolute atomic E-state index is 0.0637. The molecule has 0 aliphatic carbocycles. The Bertz CT molecular complexity index is 1620. The van der Waals surface area contributed by atoms with E-state index in [1.807, 2.05) is 31.4 Å². The summed E-state index contributed by atoms with van der Waals surface area (Å²) in [6.45, 7) is 5.69. The van der Waals surface area contributed by atoms with Gasteiger partial charge in [0.2, 0.25) is 0 Å². The van der Waals surface area contributed by atoms with Gasteiger partial charge in [-0.1, -0.05) is 41.4 Å². The lowest BCUT2D eigenvalue weighted by atomic mass is 10.2. The number of carbonyl (C=O) groups is 1. The first-order valence-corrected chi connectivity index (χ1v) is 14.6. The summed E-state index contributed by atoms with van der Waals surface area (Å²) in [6, 6.07) is 21.6. The first-order valence-electron chi connectivity index (χ1n) is 12.4. The molecule has 0 saturated carbocycles. The first kappa shape index (κ1) is 29.2. The normalized spacial score (nSPS) is 11.5. The zero-order valence-electron chi connectivity index (χ0n) is 22.1. The highest BCUT2D eigenvalue weighted by Gasteiger charge is 2.27. The summed E-state index contributed by atoms with van der Waals surface area (Å²) in [6.07, 6.45) is 1.51. The van der Waals surface area contributed by atoms with Crippen molar-refractivity contribution in [2.75, 3.05) is 17.5 Å².